The molecule has 0 aromatic carbocycles. The van der Waals surface area contributed by atoms with Gasteiger partial charge in [0.05, 0.1) is 11.6 Å². The Hall–Kier alpha value is -2.18. The van der Waals surface area contributed by atoms with E-state index in [1.54, 1.807) is 27.7 Å². The number of carbonyl (C=O) groups is 2. The molecule has 1 heterocycles. The second-order valence-corrected chi connectivity index (χ2v) is 5.04. The number of carboxylic acid groups (broad SMARTS) is 1. The van der Waals surface area contributed by atoms with Gasteiger partial charge in [-0.1, -0.05) is 13.8 Å². The van der Waals surface area contributed by atoms with Crippen molar-refractivity contribution in [3.63, 3.8) is 0 Å². The van der Waals surface area contributed by atoms with Crippen LogP contribution >= 0.6 is 0 Å². The number of hydrogen-bond donors (Lipinski definition) is 3. The number of H-pyrrole nitrogens is 1. The molecule has 0 fully saturated rings. The van der Waals surface area contributed by atoms with Crippen molar-refractivity contribution in [1.29, 1.82) is 0 Å². The van der Waals surface area contributed by atoms with E-state index >= 15 is 0 Å². The minimum absolute atomic E-state index is 0.0217. The average molecular weight is 281 g/mol. The van der Waals surface area contributed by atoms with Crippen LogP contribution in [0.1, 0.15) is 35.5 Å². The Morgan fingerprint density at radius 1 is 1.35 bits per heavy atom. The molecule has 0 aliphatic heterocycles. The number of aromatic amines is 1. The van der Waals surface area contributed by atoms with E-state index in [1.807, 2.05) is 0 Å². The van der Waals surface area contributed by atoms with E-state index in [2.05, 4.69) is 15.5 Å². The zero-order valence-electron chi connectivity index (χ0n) is 12.0. The first-order chi connectivity index (χ1) is 9.25. The first kappa shape index (κ1) is 15.9. The second-order valence-electron chi connectivity index (χ2n) is 5.04. The molecule has 1 amide bonds. The fourth-order valence-electron chi connectivity index (χ4n) is 1.80. The summed E-state index contributed by atoms with van der Waals surface area (Å²) in [4.78, 5) is 34.7. The van der Waals surface area contributed by atoms with Gasteiger partial charge in [-0.25, -0.2) is 5.10 Å². The van der Waals surface area contributed by atoms with Gasteiger partial charge in [0.2, 0.25) is 0 Å². The van der Waals surface area contributed by atoms with Gasteiger partial charge < -0.3 is 10.4 Å². The van der Waals surface area contributed by atoms with Gasteiger partial charge in [-0.15, -0.1) is 0 Å². The Labute approximate surface area is 116 Å². The predicted molar refractivity (Wildman–Crippen MR) is 72.6 cm³/mol. The highest BCUT2D eigenvalue weighted by atomic mass is 16.4. The summed E-state index contributed by atoms with van der Waals surface area (Å²) in [6.07, 6.45) is 0. The number of rotatable bonds is 5. The average Bonchev–Trinajstić information content (AvgIpc) is 2.33. The number of nitrogens with zero attached hydrogens (tertiary/aromatic N) is 1. The molecule has 1 unspecified atom stereocenters. The molecule has 0 saturated carbocycles. The summed E-state index contributed by atoms with van der Waals surface area (Å²) in [7, 11) is 0. The molecular formula is C13H19N3O4. The van der Waals surface area contributed by atoms with E-state index in [0.717, 1.165) is 0 Å². The van der Waals surface area contributed by atoms with E-state index in [4.69, 9.17) is 5.11 Å². The van der Waals surface area contributed by atoms with Gasteiger partial charge >= 0.3 is 5.97 Å². The first-order valence-electron chi connectivity index (χ1n) is 6.32. The summed E-state index contributed by atoms with van der Waals surface area (Å²) in [5.74, 6) is -2.37. The van der Waals surface area contributed by atoms with Crippen LogP contribution in [-0.2, 0) is 4.79 Å². The van der Waals surface area contributed by atoms with Crippen molar-refractivity contribution in [3.05, 3.63) is 27.2 Å². The van der Waals surface area contributed by atoms with Crippen molar-refractivity contribution in [2.45, 2.75) is 27.7 Å². The van der Waals surface area contributed by atoms with E-state index in [1.165, 1.54) is 0 Å². The van der Waals surface area contributed by atoms with Crippen LogP contribution in [0.4, 0.5) is 0 Å². The van der Waals surface area contributed by atoms with E-state index in [-0.39, 0.29) is 18.0 Å². The number of aryl methyl sites for hydroxylation is 1. The molecule has 0 aliphatic carbocycles. The van der Waals surface area contributed by atoms with Gasteiger partial charge in [0.1, 0.15) is 5.56 Å². The normalized spacial score (nSPS) is 12.2. The quantitative estimate of drug-likeness (QED) is 0.726. The molecule has 0 radical (unpaired) electrons. The molecular weight excluding hydrogens is 262 g/mol. The maximum Gasteiger partial charge on any atom is 0.308 e. The molecule has 0 saturated heterocycles. The molecule has 1 rings (SSSR count). The molecule has 0 spiro atoms. The third kappa shape index (κ3) is 3.43. The van der Waals surface area contributed by atoms with Crippen molar-refractivity contribution in [3.8, 4) is 0 Å². The topological polar surface area (TPSA) is 112 Å². The number of carbonyl (C=O) groups excluding carboxylic acids is 1. The summed E-state index contributed by atoms with van der Waals surface area (Å²) in [6, 6.07) is 0. The van der Waals surface area contributed by atoms with Gasteiger partial charge in [0, 0.05) is 6.54 Å². The lowest BCUT2D eigenvalue weighted by molar-refractivity contribution is -0.142. The lowest BCUT2D eigenvalue weighted by Crippen LogP contribution is -2.38. The number of aliphatic carboxylic acids is 1. The Morgan fingerprint density at radius 2 is 1.95 bits per heavy atom. The zero-order chi connectivity index (χ0) is 15.4. The minimum atomic E-state index is -0.975. The zero-order valence-corrected chi connectivity index (χ0v) is 12.0. The SMILES string of the molecule is Cc1n[nH]c(=O)c(C(=O)NCC(C(=O)O)C(C)C)c1C. The minimum Gasteiger partial charge on any atom is -0.481 e. The molecule has 1 aromatic rings. The van der Waals surface area contributed by atoms with E-state index in [9.17, 15) is 14.4 Å². The van der Waals surface area contributed by atoms with Crippen molar-refractivity contribution < 1.29 is 14.7 Å². The maximum atomic E-state index is 12.0. The number of hydrogen-bond acceptors (Lipinski definition) is 4. The Balaban J connectivity index is 2.91. The fraction of sp³-hybridized carbons (Fsp3) is 0.538. The van der Waals surface area contributed by atoms with Crippen LogP contribution in [0.2, 0.25) is 0 Å². The van der Waals surface area contributed by atoms with Crippen LogP contribution in [0.3, 0.4) is 0 Å². The van der Waals surface area contributed by atoms with Crippen LogP contribution in [0.5, 0.6) is 0 Å². The predicted octanol–water partition coefficient (Wildman–Crippen LogP) is 0.473. The summed E-state index contributed by atoms with van der Waals surface area (Å²) in [5.41, 5.74) is 0.434. The third-order valence-electron chi connectivity index (χ3n) is 3.30. The Morgan fingerprint density at radius 3 is 2.45 bits per heavy atom. The van der Waals surface area contributed by atoms with Crippen molar-refractivity contribution in [2.24, 2.45) is 11.8 Å². The lowest BCUT2D eigenvalue weighted by Gasteiger charge is -2.17. The summed E-state index contributed by atoms with van der Waals surface area (Å²) in [5, 5.41) is 17.6. The van der Waals surface area contributed by atoms with Crippen molar-refractivity contribution in [1.82, 2.24) is 15.5 Å². The standard InChI is InChI=1S/C13H19N3O4/c1-6(2)9(13(19)20)5-14-11(17)10-7(3)8(4)15-16-12(10)18/h6,9H,5H2,1-4H3,(H,14,17)(H,16,18)(H,19,20). The van der Waals surface area contributed by atoms with E-state index < -0.39 is 23.4 Å². The monoisotopic (exact) mass is 281 g/mol. The largest absolute Gasteiger partial charge is 0.481 e. The van der Waals surface area contributed by atoms with Crippen LogP contribution < -0.4 is 10.9 Å². The van der Waals surface area contributed by atoms with Gasteiger partial charge in [-0.2, -0.15) is 5.10 Å². The Bertz CT molecular complexity index is 577. The van der Waals surface area contributed by atoms with Crippen LogP contribution in [0.25, 0.3) is 0 Å². The summed E-state index contributed by atoms with van der Waals surface area (Å²) in [6.45, 7) is 6.81. The lowest BCUT2D eigenvalue weighted by atomic mass is 9.96. The molecule has 1 aromatic heterocycles. The van der Waals surface area contributed by atoms with Gasteiger partial charge in [-0.3, -0.25) is 14.4 Å². The van der Waals surface area contributed by atoms with Crippen molar-refractivity contribution in [2.75, 3.05) is 6.54 Å². The number of aromatic nitrogens is 2. The fourth-order valence-corrected chi connectivity index (χ4v) is 1.80. The van der Waals surface area contributed by atoms with Crippen molar-refractivity contribution >= 4 is 11.9 Å². The maximum absolute atomic E-state index is 12.0. The molecule has 110 valence electrons. The number of amides is 1. The van der Waals surface area contributed by atoms with Gasteiger partial charge in [0.25, 0.3) is 11.5 Å². The number of nitrogens with one attached hydrogen (secondary N) is 2. The molecule has 0 aliphatic rings. The molecule has 1 atom stereocenters. The second kappa shape index (κ2) is 6.31. The van der Waals surface area contributed by atoms with Gasteiger partial charge in [0.15, 0.2) is 0 Å². The summed E-state index contributed by atoms with van der Waals surface area (Å²) < 4.78 is 0. The third-order valence-corrected chi connectivity index (χ3v) is 3.30. The van der Waals surface area contributed by atoms with Crippen LogP contribution in [0.15, 0.2) is 4.79 Å². The van der Waals surface area contributed by atoms with Gasteiger partial charge in [-0.05, 0) is 25.3 Å². The highest BCUT2D eigenvalue weighted by Gasteiger charge is 2.23. The molecule has 20 heavy (non-hydrogen) atoms. The highest BCUT2D eigenvalue weighted by molar-refractivity contribution is 5.95. The number of carboxylic acids is 1. The smallest absolute Gasteiger partial charge is 0.308 e. The molecule has 7 nitrogen and oxygen atoms in total. The van der Waals surface area contributed by atoms with Crippen LogP contribution in [-0.4, -0.2) is 33.7 Å². The summed E-state index contributed by atoms with van der Waals surface area (Å²) >= 11 is 0. The molecule has 7 heteroatoms. The van der Waals surface area contributed by atoms with Crippen LogP contribution in [0, 0.1) is 25.7 Å². The highest BCUT2D eigenvalue weighted by Crippen LogP contribution is 2.10. The first-order valence-corrected chi connectivity index (χ1v) is 6.32. The Kier molecular flexibility index (Phi) is 5.01. The molecule has 0 bridgehead atoms. The van der Waals surface area contributed by atoms with E-state index in [0.29, 0.717) is 11.3 Å². The molecule has 3 N–H and O–H groups in total.